The van der Waals surface area contributed by atoms with Crippen molar-refractivity contribution < 1.29 is 27.1 Å². The second kappa shape index (κ2) is 12.0. The van der Waals surface area contributed by atoms with Crippen molar-refractivity contribution >= 4 is 23.2 Å². The van der Waals surface area contributed by atoms with Gasteiger partial charge in [-0.05, 0) is 55.6 Å². The van der Waals surface area contributed by atoms with E-state index < -0.39 is 29.0 Å². The number of carbonyl (C=O) groups excluding carboxylic acids is 1. The van der Waals surface area contributed by atoms with Crippen molar-refractivity contribution in [2.45, 2.75) is 6.18 Å². The van der Waals surface area contributed by atoms with Crippen LogP contribution in [0.3, 0.4) is 0 Å². The minimum atomic E-state index is -4.66. The number of likely N-dealkylation sites (N-methyl/N-ethyl adjacent to an activating group) is 1. The molecule has 0 atom stereocenters. The van der Waals surface area contributed by atoms with E-state index in [2.05, 4.69) is 25.6 Å². The third-order valence-electron chi connectivity index (χ3n) is 6.73. The van der Waals surface area contributed by atoms with E-state index in [0.29, 0.717) is 43.4 Å². The van der Waals surface area contributed by atoms with Crippen molar-refractivity contribution in [3.63, 3.8) is 0 Å². The first-order chi connectivity index (χ1) is 20.1. The monoisotopic (exact) mass is 581 g/mol. The molecule has 0 bridgehead atoms. The predicted molar refractivity (Wildman–Crippen MR) is 150 cm³/mol. The van der Waals surface area contributed by atoms with Crippen LogP contribution in [-0.4, -0.2) is 66.0 Å². The number of hydrogen-bond acceptors (Lipinski definition) is 8. The Bertz CT molecular complexity index is 1590. The number of halogens is 4. The van der Waals surface area contributed by atoms with E-state index in [1.807, 2.05) is 11.9 Å². The molecule has 1 fully saturated rings. The van der Waals surface area contributed by atoms with Gasteiger partial charge in [0.05, 0.1) is 33.8 Å². The molecular formula is C29H27F4N7O2. The van der Waals surface area contributed by atoms with Gasteiger partial charge in [0.2, 0.25) is 11.8 Å². The number of benzene rings is 2. The van der Waals surface area contributed by atoms with Crippen molar-refractivity contribution in [3.05, 3.63) is 83.9 Å². The Morgan fingerprint density at radius 3 is 2.50 bits per heavy atom. The molecule has 0 saturated carbocycles. The van der Waals surface area contributed by atoms with Crippen molar-refractivity contribution in [3.8, 4) is 22.9 Å². The molecule has 218 valence electrons. The van der Waals surface area contributed by atoms with E-state index in [-0.39, 0.29) is 23.0 Å². The molecule has 3 heterocycles. The van der Waals surface area contributed by atoms with Crippen molar-refractivity contribution in [2.24, 2.45) is 0 Å². The number of rotatable bonds is 7. The van der Waals surface area contributed by atoms with Gasteiger partial charge in [-0.1, -0.05) is 6.07 Å². The Morgan fingerprint density at radius 2 is 1.76 bits per heavy atom. The molecule has 0 aliphatic carbocycles. The van der Waals surface area contributed by atoms with Crippen LogP contribution in [0.2, 0.25) is 0 Å². The number of ether oxygens (including phenoxy) is 1. The van der Waals surface area contributed by atoms with E-state index in [1.54, 1.807) is 36.3 Å². The molecule has 1 aliphatic heterocycles. The number of para-hydroxylation sites is 1. The highest BCUT2D eigenvalue weighted by molar-refractivity contribution is 6.06. The molecule has 0 radical (unpaired) electrons. The molecule has 1 aliphatic rings. The third kappa shape index (κ3) is 6.25. The fraction of sp³-hybridized carbons (Fsp3) is 0.241. The maximum absolute atomic E-state index is 14.9. The zero-order valence-corrected chi connectivity index (χ0v) is 22.7. The van der Waals surface area contributed by atoms with E-state index in [1.165, 1.54) is 30.5 Å². The summed E-state index contributed by atoms with van der Waals surface area (Å²) >= 11 is 0. The SMILES string of the molecule is CNc1nccc(-c2cccnc2Oc2ccc(F)c(C(=O)Nc3cccc(C(F)(F)F)c3N3CCN(C)CC3)c2)n1. The summed E-state index contributed by atoms with van der Waals surface area (Å²) in [4.78, 5) is 29.6. The number of carbonyl (C=O) groups is 1. The normalized spacial score (nSPS) is 14.0. The summed E-state index contributed by atoms with van der Waals surface area (Å²) in [5, 5.41) is 5.35. The molecule has 0 spiro atoms. The molecular weight excluding hydrogens is 554 g/mol. The fourth-order valence-electron chi connectivity index (χ4n) is 4.58. The molecule has 2 aromatic carbocycles. The highest BCUT2D eigenvalue weighted by Gasteiger charge is 2.37. The Labute approximate surface area is 239 Å². The molecule has 42 heavy (non-hydrogen) atoms. The van der Waals surface area contributed by atoms with Gasteiger partial charge in [-0.2, -0.15) is 13.2 Å². The van der Waals surface area contributed by atoms with Gasteiger partial charge in [0.15, 0.2) is 0 Å². The number of anilines is 3. The third-order valence-corrected chi connectivity index (χ3v) is 6.73. The van der Waals surface area contributed by atoms with Gasteiger partial charge < -0.3 is 25.2 Å². The summed E-state index contributed by atoms with van der Waals surface area (Å²) in [6.07, 6.45) is -1.59. The van der Waals surface area contributed by atoms with E-state index >= 15 is 0 Å². The van der Waals surface area contributed by atoms with Gasteiger partial charge in [0, 0.05) is 45.6 Å². The van der Waals surface area contributed by atoms with Crippen LogP contribution in [0.4, 0.5) is 34.9 Å². The van der Waals surface area contributed by atoms with E-state index in [9.17, 15) is 22.4 Å². The number of amides is 1. The number of alkyl halides is 3. The number of aromatic nitrogens is 3. The topological polar surface area (TPSA) is 95.5 Å². The maximum Gasteiger partial charge on any atom is 0.418 e. The summed E-state index contributed by atoms with van der Waals surface area (Å²) in [5.41, 5.74) is -0.474. The molecule has 5 rings (SSSR count). The lowest BCUT2D eigenvalue weighted by molar-refractivity contribution is -0.137. The number of hydrogen-bond donors (Lipinski definition) is 2. The molecule has 4 aromatic rings. The Morgan fingerprint density at radius 1 is 0.976 bits per heavy atom. The quantitative estimate of drug-likeness (QED) is 0.275. The van der Waals surface area contributed by atoms with Gasteiger partial charge in [0.1, 0.15) is 11.6 Å². The standard InChI is InChI=1S/C29H27F4N7O2/c1-34-28-36-12-10-23(38-28)19-5-4-11-35-27(19)42-18-8-9-22(30)20(17-18)26(41)37-24-7-3-6-21(29(31,32)33)25(24)40-15-13-39(2)14-16-40/h3-12,17H,13-16H2,1-2H3,(H,37,41)(H,34,36,38). The highest BCUT2D eigenvalue weighted by Crippen LogP contribution is 2.41. The zero-order chi connectivity index (χ0) is 29.9. The van der Waals surface area contributed by atoms with Crippen LogP contribution >= 0.6 is 0 Å². The lowest BCUT2D eigenvalue weighted by Crippen LogP contribution is -2.45. The summed E-state index contributed by atoms with van der Waals surface area (Å²) in [6, 6.07) is 12.2. The van der Waals surface area contributed by atoms with E-state index in [0.717, 1.165) is 12.1 Å². The molecule has 13 heteroatoms. The number of nitrogens with zero attached hydrogens (tertiary/aromatic N) is 5. The maximum atomic E-state index is 14.9. The van der Waals surface area contributed by atoms with Crippen molar-refractivity contribution in [2.75, 3.05) is 55.8 Å². The first kappa shape index (κ1) is 28.7. The number of pyridine rings is 1. The number of piperazine rings is 1. The van der Waals surface area contributed by atoms with Gasteiger partial charge in [-0.15, -0.1) is 0 Å². The van der Waals surface area contributed by atoms with Crippen LogP contribution in [0.25, 0.3) is 11.3 Å². The molecule has 9 nitrogen and oxygen atoms in total. The summed E-state index contributed by atoms with van der Waals surface area (Å²) in [7, 11) is 3.56. The lowest BCUT2D eigenvalue weighted by atomic mass is 10.1. The van der Waals surface area contributed by atoms with Gasteiger partial charge in [-0.3, -0.25) is 4.79 Å². The van der Waals surface area contributed by atoms with Gasteiger partial charge >= 0.3 is 6.18 Å². The predicted octanol–water partition coefficient (Wildman–Crippen LogP) is 5.53. The van der Waals surface area contributed by atoms with Crippen LogP contribution in [0.5, 0.6) is 11.6 Å². The molecule has 0 unspecified atom stereocenters. The van der Waals surface area contributed by atoms with Gasteiger partial charge in [0.25, 0.3) is 5.91 Å². The molecule has 2 N–H and O–H groups in total. The van der Waals surface area contributed by atoms with Crippen LogP contribution in [0.15, 0.2) is 67.0 Å². The Balaban J connectivity index is 1.44. The van der Waals surface area contributed by atoms with Crippen LogP contribution in [0, 0.1) is 5.82 Å². The first-order valence-electron chi connectivity index (χ1n) is 13.0. The van der Waals surface area contributed by atoms with Crippen molar-refractivity contribution in [1.82, 2.24) is 19.9 Å². The minimum Gasteiger partial charge on any atom is -0.438 e. The average Bonchev–Trinajstić information content (AvgIpc) is 2.98. The molecule has 2 aromatic heterocycles. The summed E-state index contributed by atoms with van der Waals surface area (Å²) in [5.74, 6) is -1.18. The second-order valence-corrected chi connectivity index (χ2v) is 9.56. The highest BCUT2D eigenvalue weighted by atomic mass is 19.4. The van der Waals surface area contributed by atoms with E-state index in [4.69, 9.17) is 4.74 Å². The van der Waals surface area contributed by atoms with Crippen LogP contribution in [0.1, 0.15) is 15.9 Å². The van der Waals surface area contributed by atoms with Crippen molar-refractivity contribution in [1.29, 1.82) is 0 Å². The first-order valence-corrected chi connectivity index (χ1v) is 13.0. The zero-order valence-electron chi connectivity index (χ0n) is 22.7. The Hall–Kier alpha value is -4.78. The fourth-order valence-corrected chi connectivity index (χ4v) is 4.58. The lowest BCUT2D eigenvalue weighted by Gasteiger charge is -2.36. The second-order valence-electron chi connectivity index (χ2n) is 9.56. The molecule has 1 saturated heterocycles. The summed E-state index contributed by atoms with van der Waals surface area (Å²) in [6.45, 7) is 1.76. The van der Waals surface area contributed by atoms with Gasteiger partial charge in [-0.25, -0.2) is 19.3 Å². The number of nitrogens with one attached hydrogen (secondary N) is 2. The Kier molecular flexibility index (Phi) is 8.20. The molecule has 1 amide bonds. The van der Waals surface area contributed by atoms with Crippen LogP contribution < -0.4 is 20.3 Å². The smallest absolute Gasteiger partial charge is 0.418 e. The largest absolute Gasteiger partial charge is 0.438 e. The summed E-state index contributed by atoms with van der Waals surface area (Å²) < 4.78 is 62.8. The average molecular weight is 582 g/mol. The van der Waals surface area contributed by atoms with Crippen LogP contribution in [-0.2, 0) is 6.18 Å². The minimum absolute atomic E-state index is 0.0683.